The lowest BCUT2D eigenvalue weighted by molar-refractivity contribution is -0.122. The van der Waals surface area contributed by atoms with Crippen LogP contribution in [0.15, 0.2) is 42.7 Å². The van der Waals surface area contributed by atoms with Crippen LogP contribution >= 0.6 is 0 Å². The number of aliphatic hydroxyl groups is 1. The number of benzene rings is 1. The molecule has 1 aliphatic rings. The smallest absolute Gasteiger partial charge is 0.240 e. The normalized spacial score (nSPS) is 16.9. The third-order valence-corrected chi connectivity index (χ3v) is 4.39. The number of nitrogens with zero attached hydrogens (tertiary/aromatic N) is 2. The fourth-order valence-corrected chi connectivity index (χ4v) is 3.16. The molecule has 1 amide bonds. The van der Waals surface area contributed by atoms with E-state index >= 15 is 0 Å². The molecule has 0 aliphatic heterocycles. The van der Waals surface area contributed by atoms with Crippen LogP contribution in [0.3, 0.4) is 0 Å². The minimum Gasteiger partial charge on any atom is -0.380 e. The highest BCUT2D eigenvalue weighted by Gasteiger charge is 2.19. The molecular formula is C18H23N3O2. The molecule has 1 aromatic heterocycles. The van der Waals surface area contributed by atoms with Crippen molar-refractivity contribution in [3.05, 3.63) is 54.1 Å². The summed E-state index contributed by atoms with van der Waals surface area (Å²) in [4.78, 5) is 16.5. The SMILES string of the molecule is O=C(Cn1ccnc1C(O)c1ccccc1)NC1CCCCC1. The summed E-state index contributed by atoms with van der Waals surface area (Å²) in [5.41, 5.74) is 0.771. The van der Waals surface area contributed by atoms with E-state index in [0.29, 0.717) is 11.9 Å². The molecule has 1 aliphatic carbocycles. The van der Waals surface area contributed by atoms with Crippen LogP contribution in [0, 0.1) is 0 Å². The zero-order chi connectivity index (χ0) is 16.1. The first-order chi connectivity index (χ1) is 11.2. The molecule has 0 bridgehead atoms. The lowest BCUT2D eigenvalue weighted by Gasteiger charge is -2.23. The topological polar surface area (TPSA) is 67.2 Å². The second-order valence-corrected chi connectivity index (χ2v) is 6.13. The van der Waals surface area contributed by atoms with E-state index in [9.17, 15) is 9.90 Å². The molecule has 1 heterocycles. The van der Waals surface area contributed by atoms with Crippen LogP contribution in [0.2, 0.25) is 0 Å². The Kier molecular flexibility index (Phi) is 5.08. The van der Waals surface area contributed by atoms with Crippen molar-refractivity contribution in [2.75, 3.05) is 0 Å². The first-order valence-corrected chi connectivity index (χ1v) is 8.27. The minimum atomic E-state index is -0.825. The second-order valence-electron chi connectivity index (χ2n) is 6.13. The molecule has 5 nitrogen and oxygen atoms in total. The van der Waals surface area contributed by atoms with E-state index in [-0.39, 0.29) is 12.5 Å². The summed E-state index contributed by atoms with van der Waals surface area (Å²) in [6.45, 7) is 0.190. The van der Waals surface area contributed by atoms with E-state index in [2.05, 4.69) is 10.3 Å². The molecule has 122 valence electrons. The van der Waals surface area contributed by atoms with Gasteiger partial charge in [-0.05, 0) is 18.4 Å². The number of imidazole rings is 1. The predicted octanol–water partition coefficient (Wildman–Crippen LogP) is 2.41. The van der Waals surface area contributed by atoms with Crippen molar-refractivity contribution in [2.24, 2.45) is 0 Å². The molecule has 23 heavy (non-hydrogen) atoms. The van der Waals surface area contributed by atoms with Crippen LogP contribution in [0.5, 0.6) is 0 Å². The standard InChI is InChI=1S/C18H23N3O2/c22-16(20-15-9-5-2-6-10-15)13-21-12-11-19-18(21)17(23)14-7-3-1-4-8-14/h1,3-4,7-8,11-12,15,17,23H,2,5-6,9-10,13H2,(H,20,22). The average molecular weight is 313 g/mol. The molecule has 2 aromatic rings. The van der Waals surface area contributed by atoms with Crippen LogP contribution in [0.1, 0.15) is 49.6 Å². The second kappa shape index (κ2) is 7.42. The lowest BCUT2D eigenvalue weighted by atomic mass is 9.95. The Morgan fingerprint density at radius 2 is 2.00 bits per heavy atom. The largest absolute Gasteiger partial charge is 0.380 e. The number of amides is 1. The van der Waals surface area contributed by atoms with Gasteiger partial charge in [0.25, 0.3) is 0 Å². The number of hydrogen-bond acceptors (Lipinski definition) is 3. The van der Waals surface area contributed by atoms with Gasteiger partial charge in [-0.25, -0.2) is 4.98 Å². The van der Waals surface area contributed by atoms with E-state index < -0.39 is 6.10 Å². The summed E-state index contributed by atoms with van der Waals surface area (Å²) in [5.74, 6) is 0.478. The number of rotatable bonds is 5. The molecule has 0 radical (unpaired) electrons. The highest BCUT2D eigenvalue weighted by atomic mass is 16.3. The van der Waals surface area contributed by atoms with Gasteiger partial charge in [0.1, 0.15) is 18.5 Å². The molecular weight excluding hydrogens is 290 g/mol. The molecule has 0 spiro atoms. The lowest BCUT2D eigenvalue weighted by Crippen LogP contribution is -2.38. The fourth-order valence-electron chi connectivity index (χ4n) is 3.16. The van der Waals surface area contributed by atoms with Crippen molar-refractivity contribution < 1.29 is 9.90 Å². The Bertz CT molecular complexity index is 633. The minimum absolute atomic E-state index is 0.0172. The van der Waals surface area contributed by atoms with E-state index in [1.54, 1.807) is 17.0 Å². The number of aromatic nitrogens is 2. The van der Waals surface area contributed by atoms with E-state index in [0.717, 1.165) is 18.4 Å². The van der Waals surface area contributed by atoms with E-state index in [1.165, 1.54) is 19.3 Å². The zero-order valence-corrected chi connectivity index (χ0v) is 13.2. The van der Waals surface area contributed by atoms with Crippen LogP contribution in [0.4, 0.5) is 0 Å². The molecule has 0 saturated heterocycles. The number of carbonyl (C=O) groups excluding carboxylic acids is 1. The maximum atomic E-state index is 12.2. The molecule has 1 aromatic carbocycles. The average Bonchev–Trinajstić information content (AvgIpc) is 3.03. The Morgan fingerprint density at radius 1 is 1.26 bits per heavy atom. The number of aliphatic hydroxyl groups excluding tert-OH is 1. The highest BCUT2D eigenvalue weighted by molar-refractivity contribution is 5.76. The fraction of sp³-hybridized carbons (Fsp3) is 0.444. The van der Waals surface area contributed by atoms with Crippen LogP contribution < -0.4 is 5.32 Å². The summed E-state index contributed by atoms with van der Waals surface area (Å²) in [5, 5.41) is 13.6. The molecule has 1 unspecified atom stereocenters. The predicted molar refractivity (Wildman–Crippen MR) is 87.7 cm³/mol. The van der Waals surface area contributed by atoms with Crippen molar-refractivity contribution >= 4 is 5.91 Å². The van der Waals surface area contributed by atoms with Gasteiger partial charge in [0.15, 0.2) is 0 Å². The number of hydrogen-bond donors (Lipinski definition) is 2. The summed E-state index contributed by atoms with van der Waals surface area (Å²) in [7, 11) is 0. The Balaban J connectivity index is 1.65. The Hall–Kier alpha value is -2.14. The summed E-state index contributed by atoms with van der Waals surface area (Å²) in [6, 6.07) is 9.66. The van der Waals surface area contributed by atoms with Gasteiger partial charge >= 0.3 is 0 Å². The van der Waals surface area contributed by atoms with Crippen molar-refractivity contribution in [1.82, 2.24) is 14.9 Å². The number of carbonyl (C=O) groups is 1. The summed E-state index contributed by atoms with van der Waals surface area (Å²) in [6.07, 6.45) is 8.30. The van der Waals surface area contributed by atoms with Gasteiger partial charge < -0.3 is 15.0 Å². The van der Waals surface area contributed by atoms with Crippen molar-refractivity contribution in [1.29, 1.82) is 0 Å². The maximum Gasteiger partial charge on any atom is 0.240 e. The molecule has 5 heteroatoms. The van der Waals surface area contributed by atoms with Crippen LogP contribution in [0.25, 0.3) is 0 Å². The van der Waals surface area contributed by atoms with Gasteiger partial charge in [0.05, 0.1) is 0 Å². The van der Waals surface area contributed by atoms with Gasteiger partial charge in [-0.1, -0.05) is 49.6 Å². The van der Waals surface area contributed by atoms with Gasteiger partial charge in [-0.3, -0.25) is 4.79 Å². The van der Waals surface area contributed by atoms with E-state index in [4.69, 9.17) is 0 Å². The Labute approximate surface area is 136 Å². The maximum absolute atomic E-state index is 12.2. The first kappa shape index (κ1) is 15.7. The van der Waals surface area contributed by atoms with Gasteiger partial charge in [-0.2, -0.15) is 0 Å². The first-order valence-electron chi connectivity index (χ1n) is 8.27. The number of nitrogens with one attached hydrogen (secondary N) is 1. The molecule has 1 atom stereocenters. The van der Waals surface area contributed by atoms with Gasteiger partial charge in [-0.15, -0.1) is 0 Å². The molecule has 3 rings (SSSR count). The highest BCUT2D eigenvalue weighted by Crippen LogP contribution is 2.20. The van der Waals surface area contributed by atoms with Crippen LogP contribution in [-0.4, -0.2) is 26.6 Å². The quantitative estimate of drug-likeness (QED) is 0.891. The third-order valence-electron chi connectivity index (χ3n) is 4.39. The van der Waals surface area contributed by atoms with Crippen molar-refractivity contribution in [2.45, 2.75) is 50.8 Å². The van der Waals surface area contributed by atoms with Crippen molar-refractivity contribution in [3.8, 4) is 0 Å². The third kappa shape index (κ3) is 3.99. The molecule has 1 saturated carbocycles. The zero-order valence-electron chi connectivity index (χ0n) is 13.2. The van der Waals surface area contributed by atoms with Gasteiger partial charge in [0, 0.05) is 18.4 Å². The molecule has 1 fully saturated rings. The molecule has 2 N–H and O–H groups in total. The monoisotopic (exact) mass is 313 g/mol. The summed E-state index contributed by atoms with van der Waals surface area (Å²) >= 11 is 0. The van der Waals surface area contributed by atoms with Crippen molar-refractivity contribution in [3.63, 3.8) is 0 Å². The van der Waals surface area contributed by atoms with E-state index in [1.807, 2.05) is 30.3 Å². The Morgan fingerprint density at radius 3 is 2.74 bits per heavy atom. The van der Waals surface area contributed by atoms with Gasteiger partial charge in [0.2, 0.25) is 5.91 Å². The summed E-state index contributed by atoms with van der Waals surface area (Å²) < 4.78 is 1.72. The van der Waals surface area contributed by atoms with Crippen LogP contribution in [-0.2, 0) is 11.3 Å².